The Hall–Kier alpha value is -1.28. The van der Waals surface area contributed by atoms with E-state index in [1.807, 2.05) is 21.1 Å². The smallest absolute Gasteiger partial charge is 0.268 e. The maximum Gasteiger partial charge on any atom is 0.268 e. The molecule has 71 heavy (non-hydrogen) atoms. The molecule has 0 spiro atoms. The van der Waals surface area contributed by atoms with Gasteiger partial charge in [0.1, 0.15) is 13.2 Å². The quantitative estimate of drug-likeness (QED) is 0.0272. The monoisotopic (exact) mass is 1020 g/mol. The van der Waals surface area contributed by atoms with Gasteiger partial charge < -0.3 is 28.8 Å². The highest BCUT2D eigenvalue weighted by atomic mass is 31.2. The number of hydrogen-bond donors (Lipinski definition) is 2. The number of hydrogen-bond acceptors (Lipinski definition) is 6. The summed E-state index contributed by atoms with van der Waals surface area (Å²) in [7, 11) is 1.32. The zero-order valence-electron chi connectivity index (χ0n) is 47.9. The van der Waals surface area contributed by atoms with E-state index in [-0.39, 0.29) is 19.1 Å². The standard InChI is InChI=1S/C62H121N2O6P/c1-6-8-10-12-14-16-18-20-22-24-26-27-28-29-30-31-32-33-34-35-36-37-38-40-42-44-46-48-50-52-54-56-62(66)63-60(59-70-71(67,68)69-58-57-64(3,4)5)61(65)55-53-51-49-47-45-43-41-39-25-23-21-19-17-15-13-11-9-7-2/h18,20,24,26,28-29,60-61,65H,6-17,19,21-23,25,27,30-59H2,1-5H3,(H-,63,66,67,68)/b20-18-,26-24-,29-28-. The Balaban J connectivity index is 4.06. The molecule has 0 aliphatic carbocycles. The average molecular weight is 1020 g/mol. The summed E-state index contributed by atoms with van der Waals surface area (Å²) in [6.45, 7) is 4.75. The van der Waals surface area contributed by atoms with Crippen molar-refractivity contribution in [3.05, 3.63) is 36.5 Å². The van der Waals surface area contributed by atoms with Crippen LogP contribution < -0.4 is 10.2 Å². The predicted octanol–water partition coefficient (Wildman–Crippen LogP) is 18.3. The first-order valence-electron chi connectivity index (χ1n) is 30.8. The lowest BCUT2D eigenvalue weighted by Gasteiger charge is -2.30. The topological polar surface area (TPSA) is 108 Å². The molecular formula is C62H121N2O6P. The minimum atomic E-state index is -4.57. The molecule has 420 valence electrons. The third kappa shape index (κ3) is 56.3. The zero-order chi connectivity index (χ0) is 52.0. The number of carbonyl (C=O) groups is 1. The van der Waals surface area contributed by atoms with Crippen LogP contribution in [-0.2, 0) is 18.4 Å². The number of aliphatic hydroxyl groups is 1. The van der Waals surface area contributed by atoms with Gasteiger partial charge in [-0.25, -0.2) is 0 Å². The fourth-order valence-corrected chi connectivity index (χ4v) is 10.0. The molecule has 0 heterocycles. The van der Waals surface area contributed by atoms with Gasteiger partial charge in [0.05, 0.1) is 39.9 Å². The van der Waals surface area contributed by atoms with E-state index in [0.717, 1.165) is 51.4 Å². The number of quaternary nitrogens is 1. The van der Waals surface area contributed by atoms with Crippen LogP contribution in [0.4, 0.5) is 0 Å². The summed E-state index contributed by atoms with van der Waals surface area (Å²) in [6.07, 6.45) is 69.0. The van der Waals surface area contributed by atoms with Crippen molar-refractivity contribution in [2.45, 2.75) is 315 Å². The highest BCUT2D eigenvalue weighted by molar-refractivity contribution is 7.45. The maximum absolute atomic E-state index is 13.0. The summed E-state index contributed by atoms with van der Waals surface area (Å²) >= 11 is 0. The van der Waals surface area contributed by atoms with Crippen LogP contribution in [0.15, 0.2) is 36.5 Å². The fraction of sp³-hybridized carbons (Fsp3) is 0.887. The van der Waals surface area contributed by atoms with Crippen molar-refractivity contribution in [1.82, 2.24) is 5.32 Å². The molecule has 0 saturated carbocycles. The van der Waals surface area contributed by atoms with Crippen LogP contribution in [0.25, 0.3) is 0 Å². The second-order valence-electron chi connectivity index (χ2n) is 22.4. The van der Waals surface area contributed by atoms with Crippen LogP contribution in [0, 0.1) is 0 Å². The molecule has 0 saturated heterocycles. The molecule has 0 aliphatic rings. The van der Waals surface area contributed by atoms with Gasteiger partial charge in [0, 0.05) is 6.42 Å². The third-order valence-electron chi connectivity index (χ3n) is 14.1. The predicted molar refractivity (Wildman–Crippen MR) is 307 cm³/mol. The SMILES string of the molecule is CCCCCCC/C=C\C/C=C\C/C=C\CCCCCCCCCCCCCCCCCCC(=O)NC(COP(=O)([O-])OCC[N+](C)(C)C)C(O)CCCCCCCCCCCCCCCCCCCC. The summed E-state index contributed by atoms with van der Waals surface area (Å²) in [5, 5.41) is 14.0. The number of carbonyl (C=O) groups excluding carboxylic acids is 1. The first-order chi connectivity index (χ1) is 34.5. The first-order valence-corrected chi connectivity index (χ1v) is 32.3. The van der Waals surface area contributed by atoms with Crippen molar-refractivity contribution in [2.24, 2.45) is 0 Å². The van der Waals surface area contributed by atoms with Crippen molar-refractivity contribution in [2.75, 3.05) is 40.9 Å². The first kappa shape index (κ1) is 69.7. The fourth-order valence-electron chi connectivity index (χ4n) is 9.29. The Bertz CT molecular complexity index is 1250. The zero-order valence-corrected chi connectivity index (χ0v) is 48.8. The normalized spacial score (nSPS) is 14.1. The van der Waals surface area contributed by atoms with Crippen molar-refractivity contribution in [1.29, 1.82) is 0 Å². The van der Waals surface area contributed by atoms with Crippen LogP contribution >= 0.6 is 7.82 Å². The molecule has 0 radical (unpaired) electrons. The summed E-state index contributed by atoms with van der Waals surface area (Å²) in [4.78, 5) is 25.6. The van der Waals surface area contributed by atoms with Gasteiger partial charge in [0.15, 0.2) is 0 Å². The number of allylic oxidation sites excluding steroid dienone is 6. The summed E-state index contributed by atoms with van der Waals surface area (Å²) < 4.78 is 23.5. The lowest BCUT2D eigenvalue weighted by Crippen LogP contribution is -2.46. The van der Waals surface area contributed by atoms with E-state index in [2.05, 4.69) is 55.6 Å². The Labute approximate surface area is 442 Å². The Morgan fingerprint density at radius 1 is 0.493 bits per heavy atom. The van der Waals surface area contributed by atoms with Gasteiger partial charge in [0.2, 0.25) is 5.91 Å². The molecule has 0 fully saturated rings. The van der Waals surface area contributed by atoms with Crippen LogP contribution in [0.1, 0.15) is 303 Å². The number of nitrogens with one attached hydrogen (secondary N) is 1. The number of phosphoric acid groups is 1. The van der Waals surface area contributed by atoms with E-state index in [4.69, 9.17) is 9.05 Å². The van der Waals surface area contributed by atoms with E-state index < -0.39 is 20.0 Å². The molecule has 9 heteroatoms. The van der Waals surface area contributed by atoms with Crippen LogP contribution in [0.3, 0.4) is 0 Å². The van der Waals surface area contributed by atoms with Crippen LogP contribution in [-0.4, -0.2) is 68.5 Å². The third-order valence-corrected chi connectivity index (χ3v) is 15.1. The Morgan fingerprint density at radius 2 is 0.817 bits per heavy atom. The lowest BCUT2D eigenvalue weighted by molar-refractivity contribution is -0.870. The molecule has 2 N–H and O–H groups in total. The summed E-state index contributed by atoms with van der Waals surface area (Å²) in [5.41, 5.74) is 0. The summed E-state index contributed by atoms with van der Waals surface area (Å²) in [6, 6.07) is -0.800. The number of aliphatic hydroxyl groups excluding tert-OH is 1. The minimum absolute atomic E-state index is 0.0134. The maximum atomic E-state index is 13.0. The number of nitrogens with zero attached hydrogens (tertiary/aromatic N) is 1. The molecular weight excluding hydrogens is 900 g/mol. The van der Waals surface area contributed by atoms with Gasteiger partial charge in [-0.3, -0.25) is 9.36 Å². The Kier molecular flexibility index (Phi) is 52.6. The van der Waals surface area contributed by atoms with Crippen LogP contribution in [0.2, 0.25) is 0 Å². The minimum Gasteiger partial charge on any atom is -0.756 e. The molecule has 0 aromatic heterocycles. The van der Waals surface area contributed by atoms with Crippen molar-refractivity contribution < 1.29 is 32.9 Å². The van der Waals surface area contributed by atoms with Crippen LogP contribution in [0.5, 0.6) is 0 Å². The second kappa shape index (κ2) is 53.5. The van der Waals surface area contributed by atoms with Crippen molar-refractivity contribution in [3.63, 3.8) is 0 Å². The van der Waals surface area contributed by atoms with Gasteiger partial charge in [-0.15, -0.1) is 0 Å². The van der Waals surface area contributed by atoms with Gasteiger partial charge in [0.25, 0.3) is 7.82 Å². The summed E-state index contributed by atoms with van der Waals surface area (Å²) in [5.74, 6) is -0.161. The molecule has 1 amide bonds. The van der Waals surface area contributed by atoms with Crippen molar-refractivity contribution in [3.8, 4) is 0 Å². The molecule has 8 nitrogen and oxygen atoms in total. The van der Waals surface area contributed by atoms with E-state index in [0.29, 0.717) is 23.9 Å². The van der Waals surface area contributed by atoms with Crippen molar-refractivity contribution >= 4 is 13.7 Å². The molecule has 0 aromatic rings. The van der Waals surface area contributed by atoms with E-state index in [1.165, 1.54) is 225 Å². The van der Waals surface area contributed by atoms with Gasteiger partial charge >= 0.3 is 0 Å². The number of amides is 1. The van der Waals surface area contributed by atoms with E-state index >= 15 is 0 Å². The highest BCUT2D eigenvalue weighted by Crippen LogP contribution is 2.38. The average Bonchev–Trinajstić information content (AvgIpc) is 3.33. The lowest BCUT2D eigenvalue weighted by atomic mass is 10.0. The Morgan fingerprint density at radius 3 is 1.18 bits per heavy atom. The number of unbranched alkanes of at least 4 members (excludes halogenated alkanes) is 38. The second-order valence-corrected chi connectivity index (χ2v) is 23.8. The molecule has 3 unspecified atom stereocenters. The van der Waals surface area contributed by atoms with E-state index in [1.54, 1.807) is 0 Å². The molecule has 0 aromatic carbocycles. The number of rotatable bonds is 57. The highest BCUT2D eigenvalue weighted by Gasteiger charge is 2.24. The number of phosphoric ester groups is 1. The molecule has 3 atom stereocenters. The molecule has 0 rings (SSSR count). The van der Waals surface area contributed by atoms with Gasteiger partial charge in [-0.2, -0.15) is 0 Å². The number of likely N-dealkylation sites (N-methyl/N-ethyl adjacent to an activating group) is 1. The van der Waals surface area contributed by atoms with Gasteiger partial charge in [-0.1, -0.05) is 281 Å². The molecule has 0 aliphatic heterocycles. The molecule has 0 bridgehead atoms. The van der Waals surface area contributed by atoms with E-state index in [9.17, 15) is 19.4 Å². The largest absolute Gasteiger partial charge is 0.756 e. The van der Waals surface area contributed by atoms with Gasteiger partial charge in [-0.05, 0) is 51.4 Å².